The van der Waals surface area contributed by atoms with Crippen LogP contribution in [0.15, 0.2) is 12.4 Å². The van der Waals surface area contributed by atoms with Gasteiger partial charge in [-0.25, -0.2) is 9.97 Å². The Morgan fingerprint density at radius 3 is 2.41 bits per heavy atom. The first kappa shape index (κ1) is 13.7. The van der Waals surface area contributed by atoms with Gasteiger partial charge in [-0.1, -0.05) is 13.8 Å². The normalized spacial score (nSPS) is 10.6. The Balaban J connectivity index is 2.37. The van der Waals surface area contributed by atoms with E-state index >= 15 is 0 Å². The zero-order valence-corrected chi connectivity index (χ0v) is 10.6. The third-order valence-corrected chi connectivity index (χ3v) is 2.34. The van der Waals surface area contributed by atoms with Gasteiger partial charge in [0.1, 0.15) is 18.0 Å². The highest BCUT2D eigenvalue weighted by atomic mass is 16.3. The quantitative estimate of drug-likeness (QED) is 0.602. The highest BCUT2D eigenvalue weighted by molar-refractivity contribution is 5.46. The molecule has 0 amide bonds. The van der Waals surface area contributed by atoms with Crippen LogP contribution in [0.3, 0.4) is 0 Å². The monoisotopic (exact) mass is 238 g/mol. The van der Waals surface area contributed by atoms with Gasteiger partial charge in [0.05, 0.1) is 0 Å². The lowest BCUT2D eigenvalue weighted by atomic mass is 10.1. The average Bonchev–Trinajstić information content (AvgIpc) is 2.29. The molecule has 0 atom stereocenters. The van der Waals surface area contributed by atoms with Gasteiger partial charge in [0.2, 0.25) is 0 Å². The Morgan fingerprint density at radius 2 is 1.82 bits per heavy atom. The molecule has 1 aromatic rings. The fourth-order valence-electron chi connectivity index (χ4n) is 1.34. The minimum atomic E-state index is 0.192. The van der Waals surface area contributed by atoms with E-state index < -0.39 is 0 Å². The van der Waals surface area contributed by atoms with Gasteiger partial charge in [-0.15, -0.1) is 0 Å². The van der Waals surface area contributed by atoms with Crippen LogP contribution in [-0.2, 0) is 0 Å². The SMILES string of the molecule is CC(C)CCNc1cc(NCCCO)ncn1. The van der Waals surface area contributed by atoms with Crippen LogP contribution in [-0.4, -0.2) is 34.8 Å². The summed E-state index contributed by atoms with van der Waals surface area (Å²) in [7, 11) is 0. The Bertz CT molecular complexity index is 317. The Morgan fingerprint density at radius 1 is 1.18 bits per heavy atom. The van der Waals surface area contributed by atoms with Crippen molar-refractivity contribution in [1.82, 2.24) is 9.97 Å². The Kier molecular flexibility index (Phi) is 6.32. The third-order valence-electron chi connectivity index (χ3n) is 2.34. The molecule has 0 aliphatic carbocycles. The molecule has 0 saturated carbocycles. The summed E-state index contributed by atoms with van der Waals surface area (Å²) in [5.41, 5.74) is 0. The molecule has 0 aliphatic heterocycles. The minimum absolute atomic E-state index is 0.192. The van der Waals surface area contributed by atoms with Crippen molar-refractivity contribution in [2.24, 2.45) is 5.92 Å². The summed E-state index contributed by atoms with van der Waals surface area (Å²) in [5, 5.41) is 15.1. The molecule has 3 N–H and O–H groups in total. The molecule has 1 heterocycles. The smallest absolute Gasteiger partial charge is 0.131 e. The van der Waals surface area contributed by atoms with Crippen molar-refractivity contribution in [3.63, 3.8) is 0 Å². The van der Waals surface area contributed by atoms with Gasteiger partial charge < -0.3 is 15.7 Å². The van der Waals surface area contributed by atoms with E-state index in [2.05, 4.69) is 34.4 Å². The Labute approximate surface area is 103 Å². The van der Waals surface area contributed by atoms with Crippen molar-refractivity contribution in [3.05, 3.63) is 12.4 Å². The summed E-state index contributed by atoms with van der Waals surface area (Å²) in [6.45, 7) is 6.23. The number of aliphatic hydroxyl groups excluding tert-OH is 1. The lowest BCUT2D eigenvalue weighted by Crippen LogP contribution is -2.09. The molecule has 0 fully saturated rings. The number of nitrogens with one attached hydrogen (secondary N) is 2. The first-order valence-electron chi connectivity index (χ1n) is 6.13. The maximum atomic E-state index is 8.68. The number of aromatic nitrogens is 2. The molecule has 0 unspecified atom stereocenters. The largest absolute Gasteiger partial charge is 0.396 e. The zero-order valence-electron chi connectivity index (χ0n) is 10.6. The van der Waals surface area contributed by atoms with Crippen LogP contribution >= 0.6 is 0 Å². The van der Waals surface area contributed by atoms with Crippen molar-refractivity contribution in [3.8, 4) is 0 Å². The van der Waals surface area contributed by atoms with Crippen LogP contribution in [0.1, 0.15) is 26.7 Å². The van der Waals surface area contributed by atoms with E-state index in [1.54, 1.807) is 6.33 Å². The van der Waals surface area contributed by atoms with Gasteiger partial charge in [-0.2, -0.15) is 0 Å². The second-order valence-corrected chi connectivity index (χ2v) is 4.40. The summed E-state index contributed by atoms with van der Waals surface area (Å²) in [6, 6.07) is 1.89. The topological polar surface area (TPSA) is 70.1 Å². The van der Waals surface area contributed by atoms with E-state index in [0.717, 1.165) is 37.6 Å². The van der Waals surface area contributed by atoms with Gasteiger partial charge in [0.25, 0.3) is 0 Å². The zero-order chi connectivity index (χ0) is 12.5. The molecule has 0 radical (unpaired) electrons. The number of hydrogen-bond acceptors (Lipinski definition) is 5. The average molecular weight is 238 g/mol. The van der Waals surface area contributed by atoms with Crippen molar-refractivity contribution >= 4 is 11.6 Å². The summed E-state index contributed by atoms with van der Waals surface area (Å²) in [4.78, 5) is 8.26. The highest BCUT2D eigenvalue weighted by Crippen LogP contribution is 2.09. The fraction of sp³-hybridized carbons (Fsp3) is 0.667. The maximum Gasteiger partial charge on any atom is 0.131 e. The molecular weight excluding hydrogens is 216 g/mol. The molecule has 5 nitrogen and oxygen atoms in total. The molecule has 0 aliphatic rings. The van der Waals surface area contributed by atoms with E-state index in [-0.39, 0.29) is 6.61 Å². The van der Waals surface area contributed by atoms with Gasteiger partial charge in [-0.05, 0) is 18.8 Å². The summed E-state index contributed by atoms with van der Waals surface area (Å²) in [6.07, 6.45) is 3.39. The molecule has 1 rings (SSSR count). The van der Waals surface area contributed by atoms with Gasteiger partial charge in [0, 0.05) is 25.8 Å². The number of rotatable bonds is 8. The molecule has 5 heteroatoms. The lowest BCUT2D eigenvalue weighted by Gasteiger charge is -2.09. The third kappa shape index (κ3) is 6.06. The lowest BCUT2D eigenvalue weighted by molar-refractivity contribution is 0.292. The van der Waals surface area contributed by atoms with Gasteiger partial charge in [0.15, 0.2) is 0 Å². The van der Waals surface area contributed by atoms with E-state index in [9.17, 15) is 0 Å². The van der Waals surface area contributed by atoms with Crippen molar-refractivity contribution in [2.75, 3.05) is 30.3 Å². The van der Waals surface area contributed by atoms with E-state index in [0.29, 0.717) is 5.92 Å². The van der Waals surface area contributed by atoms with Gasteiger partial charge >= 0.3 is 0 Å². The molecule has 0 saturated heterocycles. The first-order valence-corrected chi connectivity index (χ1v) is 6.13. The van der Waals surface area contributed by atoms with Gasteiger partial charge in [-0.3, -0.25) is 0 Å². The van der Waals surface area contributed by atoms with E-state index in [1.165, 1.54) is 0 Å². The predicted molar refractivity (Wildman–Crippen MR) is 70.2 cm³/mol. The number of nitrogens with zero attached hydrogens (tertiary/aromatic N) is 2. The molecule has 0 spiro atoms. The molecule has 96 valence electrons. The molecule has 17 heavy (non-hydrogen) atoms. The molecule has 1 aromatic heterocycles. The van der Waals surface area contributed by atoms with Crippen LogP contribution in [0, 0.1) is 5.92 Å². The summed E-state index contributed by atoms with van der Waals surface area (Å²) < 4.78 is 0. The van der Waals surface area contributed by atoms with Crippen molar-refractivity contribution in [1.29, 1.82) is 0 Å². The standard InChI is InChI=1S/C12H22N4O/c1-10(2)4-6-14-12-8-11(15-9-16-12)13-5-3-7-17/h8-10,17H,3-7H2,1-2H3,(H2,13,14,15,16). The first-order chi connectivity index (χ1) is 8.22. The van der Waals surface area contributed by atoms with E-state index in [1.807, 2.05) is 6.07 Å². The summed E-state index contributed by atoms with van der Waals surface area (Å²) in [5.74, 6) is 2.32. The fourth-order valence-corrected chi connectivity index (χ4v) is 1.34. The molecule has 0 aromatic carbocycles. The molecular formula is C12H22N4O. The van der Waals surface area contributed by atoms with E-state index in [4.69, 9.17) is 5.11 Å². The van der Waals surface area contributed by atoms with Crippen molar-refractivity contribution in [2.45, 2.75) is 26.7 Å². The number of aliphatic hydroxyl groups is 1. The Hall–Kier alpha value is -1.36. The predicted octanol–water partition coefficient (Wildman–Crippen LogP) is 1.73. The van der Waals surface area contributed by atoms with Crippen LogP contribution in [0.5, 0.6) is 0 Å². The maximum absolute atomic E-state index is 8.68. The second-order valence-electron chi connectivity index (χ2n) is 4.40. The number of anilines is 2. The number of hydrogen-bond donors (Lipinski definition) is 3. The molecule has 0 bridgehead atoms. The summed E-state index contributed by atoms with van der Waals surface area (Å²) >= 11 is 0. The van der Waals surface area contributed by atoms with Crippen LogP contribution in [0.25, 0.3) is 0 Å². The highest BCUT2D eigenvalue weighted by Gasteiger charge is 1.98. The van der Waals surface area contributed by atoms with Crippen LogP contribution in [0.2, 0.25) is 0 Å². The minimum Gasteiger partial charge on any atom is -0.396 e. The van der Waals surface area contributed by atoms with Crippen LogP contribution in [0.4, 0.5) is 11.6 Å². The second kappa shape index (κ2) is 7.84. The van der Waals surface area contributed by atoms with Crippen LogP contribution < -0.4 is 10.6 Å². The van der Waals surface area contributed by atoms with Crippen molar-refractivity contribution < 1.29 is 5.11 Å².